The van der Waals surface area contributed by atoms with Gasteiger partial charge in [-0.15, -0.1) is 13.2 Å². The lowest BCUT2D eigenvalue weighted by atomic mass is 10.3. The minimum atomic E-state index is -4.84. The average Bonchev–Trinajstić information content (AvgIpc) is 2.06. The van der Waals surface area contributed by atoms with Gasteiger partial charge in [0.05, 0.1) is 4.47 Å². The summed E-state index contributed by atoms with van der Waals surface area (Å²) in [5.74, 6) is -0.800. The summed E-state index contributed by atoms with van der Waals surface area (Å²) in [7, 11) is 0. The number of rotatable bonds is 3. The topological polar surface area (TPSA) is 18.5 Å². The molecule has 0 heterocycles. The smallest absolute Gasteiger partial charge is 0.435 e. The molecule has 0 saturated heterocycles. The molecule has 0 aliphatic heterocycles. The van der Waals surface area contributed by atoms with Crippen LogP contribution in [-0.4, -0.2) is 13.0 Å². The number of ether oxygens (including phenoxy) is 2. The monoisotopic (exact) mass is 306 g/mol. The van der Waals surface area contributed by atoms with Gasteiger partial charge in [0.1, 0.15) is 11.5 Å². The van der Waals surface area contributed by atoms with Crippen molar-refractivity contribution in [3.05, 3.63) is 22.7 Å². The van der Waals surface area contributed by atoms with Gasteiger partial charge in [-0.1, -0.05) is 0 Å². The minimum absolute atomic E-state index is 0.136. The van der Waals surface area contributed by atoms with Gasteiger partial charge in [0.2, 0.25) is 0 Å². The number of hydrogen-bond donors (Lipinski definition) is 0. The second kappa shape index (κ2) is 4.86. The molecule has 0 aliphatic carbocycles. The van der Waals surface area contributed by atoms with Gasteiger partial charge in [-0.3, -0.25) is 0 Å². The van der Waals surface area contributed by atoms with Crippen LogP contribution in [-0.2, 0) is 0 Å². The van der Waals surface area contributed by atoms with Gasteiger partial charge in [0, 0.05) is 0 Å². The molecule has 0 spiro atoms. The lowest BCUT2D eigenvalue weighted by Gasteiger charge is -2.11. The Kier molecular flexibility index (Phi) is 3.95. The molecule has 8 heteroatoms. The van der Waals surface area contributed by atoms with Crippen LogP contribution in [0.2, 0.25) is 0 Å². The van der Waals surface area contributed by atoms with Crippen LogP contribution < -0.4 is 9.47 Å². The fourth-order valence-electron chi connectivity index (χ4n) is 0.865. The first kappa shape index (κ1) is 13.0. The molecule has 0 amide bonds. The molecule has 0 aromatic heterocycles. The molecule has 0 radical (unpaired) electrons. The summed E-state index contributed by atoms with van der Waals surface area (Å²) >= 11 is 2.74. The van der Waals surface area contributed by atoms with Crippen LogP contribution in [0.3, 0.4) is 0 Å². The Bertz CT molecular complexity index is 366. The van der Waals surface area contributed by atoms with E-state index in [-0.39, 0.29) is 10.2 Å². The second-order valence-corrected chi connectivity index (χ2v) is 3.37. The summed E-state index contributed by atoms with van der Waals surface area (Å²) in [6.45, 7) is -3.04. The minimum Gasteiger partial charge on any atom is -0.435 e. The Morgan fingerprint density at radius 3 is 2.25 bits per heavy atom. The quantitative estimate of drug-likeness (QED) is 0.787. The van der Waals surface area contributed by atoms with Crippen LogP contribution in [0.5, 0.6) is 11.5 Å². The maximum Gasteiger partial charge on any atom is 0.573 e. The molecule has 0 atom stereocenters. The van der Waals surface area contributed by atoms with Gasteiger partial charge >= 0.3 is 13.0 Å². The normalized spacial score (nSPS) is 11.7. The second-order valence-electron chi connectivity index (χ2n) is 2.52. The Balaban J connectivity index is 2.83. The predicted octanol–water partition coefficient (Wildman–Crippen LogP) is 3.95. The highest BCUT2D eigenvalue weighted by Crippen LogP contribution is 2.33. The Labute approximate surface area is 95.1 Å². The molecule has 0 aliphatic rings. The lowest BCUT2D eigenvalue weighted by Crippen LogP contribution is -2.17. The lowest BCUT2D eigenvalue weighted by molar-refractivity contribution is -0.274. The van der Waals surface area contributed by atoms with Gasteiger partial charge in [0.15, 0.2) is 0 Å². The highest BCUT2D eigenvalue weighted by molar-refractivity contribution is 9.10. The molecule has 16 heavy (non-hydrogen) atoms. The largest absolute Gasteiger partial charge is 0.573 e. The van der Waals surface area contributed by atoms with E-state index in [4.69, 9.17) is 0 Å². The van der Waals surface area contributed by atoms with Gasteiger partial charge in [0.25, 0.3) is 0 Å². The third-order valence-electron chi connectivity index (χ3n) is 1.35. The summed E-state index contributed by atoms with van der Waals surface area (Å²) in [6.07, 6.45) is -4.84. The van der Waals surface area contributed by atoms with Crippen molar-refractivity contribution in [3.8, 4) is 11.5 Å². The fraction of sp³-hybridized carbons (Fsp3) is 0.250. The van der Waals surface area contributed by atoms with Crippen LogP contribution in [0.15, 0.2) is 22.7 Å². The summed E-state index contributed by atoms with van der Waals surface area (Å²) in [6, 6.07) is 2.76. The molecule has 0 N–H and O–H groups in total. The van der Waals surface area contributed by atoms with Crippen LogP contribution >= 0.6 is 15.9 Å². The first-order valence-electron chi connectivity index (χ1n) is 3.78. The van der Waals surface area contributed by atoms with Crippen molar-refractivity contribution in [3.63, 3.8) is 0 Å². The van der Waals surface area contributed by atoms with Crippen molar-refractivity contribution < 1.29 is 31.4 Å². The predicted molar refractivity (Wildman–Crippen MR) is 47.5 cm³/mol. The van der Waals surface area contributed by atoms with E-state index in [1.807, 2.05) is 0 Å². The third-order valence-corrected chi connectivity index (χ3v) is 1.97. The molecule has 0 saturated carbocycles. The number of benzene rings is 1. The van der Waals surface area contributed by atoms with Crippen molar-refractivity contribution in [2.75, 3.05) is 0 Å². The standard InChI is InChI=1S/C8H4BrF5O2/c9-5-3-4(15-7(10)11)1-2-6(5)16-8(12,13)14/h1-3,7H. The Morgan fingerprint density at radius 2 is 1.81 bits per heavy atom. The van der Waals surface area contributed by atoms with Crippen LogP contribution in [0, 0.1) is 0 Å². The Morgan fingerprint density at radius 1 is 1.19 bits per heavy atom. The van der Waals surface area contributed by atoms with Gasteiger partial charge in [-0.05, 0) is 34.1 Å². The number of halogens is 6. The van der Waals surface area contributed by atoms with Crippen LogP contribution in [0.25, 0.3) is 0 Å². The van der Waals surface area contributed by atoms with E-state index in [2.05, 4.69) is 25.4 Å². The summed E-state index contributed by atoms with van der Waals surface area (Å²) in [4.78, 5) is 0. The summed E-state index contributed by atoms with van der Waals surface area (Å²) in [5.41, 5.74) is 0. The maximum atomic E-state index is 11.8. The molecule has 1 aromatic rings. The molecular formula is C8H4BrF5O2. The zero-order valence-electron chi connectivity index (χ0n) is 7.39. The van der Waals surface area contributed by atoms with Crippen molar-refractivity contribution in [1.29, 1.82) is 0 Å². The van der Waals surface area contributed by atoms with E-state index in [1.54, 1.807) is 0 Å². The highest BCUT2D eigenvalue weighted by atomic mass is 79.9. The molecule has 0 unspecified atom stereocenters. The van der Waals surface area contributed by atoms with Crippen molar-refractivity contribution >= 4 is 15.9 Å². The SMILES string of the molecule is FC(F)Oc1ccc(OC(F)(F)F)c(Br)c1. The van der Waals surface area contributed by atoms with Gasteiger partial charge in [-0.25, -0.2) is 0 Å². The van der Waals surface area contributed by atoms with E-state index in [0.29, 0.717) is 0 Å². The first-order chi connectivity index (χ1) is 7.28. The van der Waals surface area contributed by atoms with Gasteiger partial charge in [-0.2, -0.15) is 8.78 Å². The average molecular weight is 307 g/mol. The zero-order chi connectivity index (χ0) is 12.3. The summed E-state index contributed by atoms with van der Waals surface area (Å²) in [5, 5.41) is 0. The van der Waals surface area contributed by atoms with Crippen molar-refractivity contribution in [2.45, 2.75) is 13.0 Å². The van der Waals surface area contributed by atoms with E-state index in [9.17, 15) is 22.0 Å². The molecule has 0 bridgehead atoms. The maximum absolute atomic E-state index is 11.8. The Hall–Kier alpha value is -1.05. The molecule has 1 rings (SSSR count). The molecular weight excluding hydrogens is 303 g/mol. The van der Waals surface area contributed by atoms with Crippen LogP contribution in [0.4, 0.5) is 22.0 Å². The number of hydrogen-bond acceptors (Lipinski definition) is 2. The fourth-order valence-corrected chi connectivity index (χ4v) is 1.30. The molecule has 2 nitrogen and oxygen atoms in total. The molecule has 0 fully saturated rings. The van der Waals surface area contributed by atoms with E-state index in [1.165, 1.54) is 0 Å². The molecule has 90 valence electrons. The summed E-state index contributed by atoms with van der Waals surface area (Å²) < 4.78 is 66.5. The number of alkyl halides is 5. The highest BCUT2D eigenvalue weighted by Gasteiger charge is 2.32. The molecule has 1 aromatic carbocycles. The van der Waals surface area contributed by atoms with Crippen LogP contribution in [0.1, 0.15) is 0 Å². The van der Waals surface area contributed by atoms with E-state index >= 15 is 0 Å². The van der Waals surface area contributed by atoms with Crippen molar-refractivity contribution in [2.24, 2.45) is 0 Å². The van der Waals surface area contributed by atoms with E-state index in [0.717, 1.165) is 18.2 Å². The first-order valence-corrected chi connectivity index (χ1v) is 4.57. The third kappa shape index (κ3) is 4.21. The van der Waals surface area contributed by atoms with Gasteiger partial charge < -0.3 is 9.47 Å². The zero-order valence-corrected chi connectivity index (χ0v) is 8.98. The van der Waals surface area contributed by atoms with Crippen molar-refractivity contribution in [1.82, 2.24) is 0 Å². The van der Waals surface area contributed by atoms with E-state index < -0.39 is 18.7 Å².